The molecule has 0 bridgehead atoms. The number of carbonyl (C=O) groups excluding carboxylic acids is 4. The molecule has 1 aromatic heterocycles. The van der Waals surface area contributed by atoms with Crippen molar-refractivity contribution in [3.8, 4) is 23.0 Å². The van der Waals surface area contributed by atoms with Crippen LogP contribution in [0.15, 0.2) is 96.0 Å². The van der Waals surface area contributed by atoms with Gasteiger partial charge in [0.15, 0.2) is 29.2 Å². The van der Waals surface area contributed by atoms with Gasteiger partial charge < -0.3 is 43.3 Å². The summed E-state index contributed by atoms with van der Waals surface area (Å²) >= 11 is 0. The van der Waals surface area contributed by atoms with Crippen LogP contribution in [0.2, 0.25) is 0 Å². The highest BCUT2D eigenvalue weighted by Crippen LogP contribution is 2.43. The van der Waals surface area contributed by atoms with Gasteiger partial charge in [0.1, 0.15) is 19.8 Å². The molecule has 1 N–H and O–H groups in total. The molecule has 3 atom stereocenters. The second-order valence-corrected chi connectivity index (χ2v) is 15.0. The molecule has 2 fully saturated rings. The number of amides is 3. The average Bonchev–Trinajstić information content (AvgIpc) is 3.81. The lowest BCUT2D eigenvalue weighted by molar-refractivity contribution is 0.0485. The molecule has 0 radical (unpaired) electrons. The van der Waals surface area contributed by atoms with Gasteiger partial charge in [0.25, 0.3) is 11.8 Å². The molecule has 0 saturated carbocycles. The highest BCUT2D eigenvalue weighted by molar-refractivity contribution is 6.06. The van der Waals surface area contributed by atoms with Crippen molar-refractivity contribution in [3.63, 3.8) is 0 Å². The molecule has 4 aliphatic rings. The first kappa shape index (κ1) is 40.6. The number of nitrogens with zero attached hydrogens (tertiary/aromatic N) is 5. The van der Waals surface area contributed by atoms with Gasteiger partial charge >= 0.3 is 12.1 Å². The van der Waals surface area contributed by atoms with Crippen LogP contribution in [-0.2, 0) is 29.3 Å². The lowest BCUT2D eigenvalue weighted by atomic mass is 10.1. The van der Waals surface area contributed by atoms with E-state index in [0.717, 1.165) is 21.6 Å². The van der Waals surface area contributed by atoms with E-state index in [-0.39, 0.29) is 73.0 Å². The predicted molar refractivity (Wildman–Crippen MR) is 221 cm³/mol. The van der Waals surface area contributed by atoms with Crippen LogP contribution in [-0.4, -0.2) is 103 Å². The Labute approximate surface area is 351 Å². The number of esters is 1. The fraction of sp³-hybridized carbons (Fsp3) is 0.289. The summed E-state index contributed by atoms with van der Waals surface area (Å²) in [4.78, 5) is 67.8. The molecule has 4 aliphatic heterocycles. The molecule has 8 rings (SSSR count). The summed E-state index contributed by atoms with van der Waals surface area (Å²) in [6.07, 6.45) is 0.284. The van der Waals surface area contributed by atoms with E-state index in [1.54, 1.807) is 35.4 Å². The molecule has 2 saturated heterocycles. The van der Waals surface area contributed by atoms with Crippen LogP contribution >= 0.6 is 0 Å². The molecule has 61 heavy (non-hydrogen) atoms. The number of anilines is 1. The number of ether oxygens (including phenoxy) is 6. The minimum atomic E-state index is -1.49. The first-order valence-corrected chi connectivity index (χ1v) is 19.4. The normalized spacial score (nSPS) is 19.0. The quantitative estimate of drug-likeness (QED) is 0.143. The molecule has 4 aromatic rings. The number of benzene rings is 3. The van der Waals surface area contributed by atoms with Gasteiger partial charge in [0.2, 0.25) is 0 Å². The highest BCUT2D eigenvalue weighted by Gasteiger charge is 2.46. The molecule has 5 heterocycles. The number of hydrogen-bond donors (Lipinski definition) is 1. The van der Waals surface area contributed by atoms with Gasteiger partial charge in [-0.25, -0.2) is 14.5 Å². The Kier molecular flexibility index (Phi) is 11.2. The van der Waals surface area contributed by atoms with E-state index in [0.29, 0.717) is 47.1 Å². The van der Waals surface area contributed by atoms with E-state index in [1.165, 1.54) is 50.5 Å². The zero-order chi connectivity index (χ0) is 42.9. The summed E-state index contributed by atoms with van der Waals surface area (Å²) in [5, 5.41) is 11.7. The van der Waals surface area contributed by atoms with Crippen LogP contribution in [0.5, 0.6) is 23.0 Å². The molecule has 0 unspecified atom stereocenters. The van der Waals surface area contributed by atoms with Gasteiger partial charge in [0.05, 0.1) is 72.9 Å². The fourth-order valence-electron chi connectivity index (χ4n) is 7.92. The van der Waals surface area contributed by atoms with Gasteiger partial charge in [-0.1, -0.05) is 54.6 Å². The lowest BCUT2D eigenvalue weighted by Gasteiger charge is -2.31. The minimum Gasteiger partial charge on any atom is -0.493 e. The van der Waals surface area contributed by atoms with Crippen LogP contribution in [0.1, 0.15) is 60.9 Å². The molecule has 3 aromatic carbocycles. The molecular weight excluding hydrogens is 787 g/mol. The van der Waals surface area contributed by atoms with E-state index in [1.807, 2.05) is 18.2 Å². The first-order valence-electron chi connectivity index (χ1n) is 19.4. The van der Waals surface area contributed by atoms with Gasteiger partial charge in [-0.05, 0) is 42.7 Å². The summed E-state index contributed by atoms with van der Waals surface area (Å²) in [6, 6.07) is 17.2. The van der Waals surface area contributed by atoms with Crippen molar-refractivity contribution in [2.24, 2.45) is 4.99 Å². The number of aromatic nitrogens is 1. The Balaban J connectivity index is 1.07. The summed E-state index contributed by atoms with van der Waals surface area (Å²) in [6.45, 7) is 8.27. The third-order valence-electron chi connectivity index (χ3n) is 10.9. The SMILES string of the molecule is C=C1C[C@H]2C=Nc3cc(OCc4cc(C(=O)OC)cc(COc5cc6c(cc5OC)C(=O)N5CC(=C)C[C@H]5[C@H](O)N6C(=O)OCc5ccccc5)n4)c(OC)cc3C(=O)N2C1. The minimum absolute atomic E-state index is 0.0447. The molecule has 0 aliphatic carbocycles. The van der Waals surface area contributed by atoms with Crippen molar-refractivity contribution in [1.29, 1.82) is 0 Å². The molecule has 314 valence electrons. The van der Waals surface area contributed by atoms with Gasteiger partial charge in [-0.2, -0.15) is 0 Å². The second kappa shape index (κ2) is 16.8. The average molecular weight is 830 g/mol. The number of methoxy groups -OCH3 is 3. The van der Waals surface area contributed by atoms with Gasteiger partial charge in [0, 0.05) is 31.4 Å². The highest BCUT2D eigenvalue weighted by atomic mass is 16.6. The van der Waals surface area contributed by atoms with E-state index < -0.39 is 30.2 Å². The maximum atomic E-state index is 14.0. The summed E-state index contributed by atoms with van der Waals surface area (Å²) in [5.41, 5.74) is 4.11. The van der Waals surface area contributed by atoms with Crippen molar-refractivity contribution < 1.29 is 52.7 Å². The summed E-state index contributed by atoms with van der Waals surface area (Å²) < 4.78 is 34.4. The second-order valence-electron chi connectivity index (χ2n) is 15.0. The van der Waals surface area contributed by atoms with E-state index in [4.69, 9.17) is 28.4 Å². The van der Waals surface area contributed by atoms with Gasteiger partial charge in [-0.3, -0.25) is 19.6 Å². The lowest BCUT2D eigenvalue weighted by Crippen LogP contribution is -2.50. The molecule has 0 spiro atoms. The summed E-state index contributed by atoms with van der Waals surface area (Å²) in [5.74, 6) is -0.399. The molecular formula is C45H43N5O11. The number of carbonyl (C=O) groups is 4. The van der Waals surface area contributed by atoms with Crippen molar-refractivity contribution >= 4 is 41.5 Å². The van der Waals surface area contributed by atoms with Crippen LogP contribution < -0.4 is 23.8 Å². The smallest absolute Gasteiger partial charge is 0.416 e. The van der Waals surface area contributed by atoms with Crippen LogP contribution in [0.25, 0.3) is 0 Å². The Hall–Kier alpha value is -7.20. The van der Waals surface area contributed by atoms with Crippen molar-refractivity contribution in [1.82, 2.24) is 14.8 Å². The number of rotatable bonds is 11. The van der Waals surface area contributed by atoms with Crippen LogP contribution in [0, 0.1) is 0 Å². The van der Waals surface area contributed by atoms with Crippen LogP contribution in [0.4, 0.5) is 16.2 Å². The van der Waals surface area contributed by atoms with Crippen molar-refractivity contribution in [2.45, 2.75) is 51.0 Å². The zero-order valence-corrected chi connectivity index (χ0v) is 33.8. The topological polar surface area (TPSA) is 179 Å². The van der Waals surface area contributed by atoms with Gasteiger partial charge in [-0.15, -0.1) is 0 Å². The van der Waals surface area contributed by atoms with E-state index in [9.17, 15) is 24.3 Å². The monoisotopic (exact) mass is 829 g/mol. The third-order valence-corrected chi connectivity index (χ3v) is 10.9. The molecule has 3 amide bonds. The molecule has 16 heteroatoms. The summed E-state index contributed by atoms with van der Waals surface area (Å²) in [7, 11) is 4.12. The number of pyridine rings is 1. The Morgan fingerprint density at radius 2 is 1.39 bits per heavy atom. The maximum absolute atomic E-state index is 14.0. The van der Waals surface area contributed by atoms with Crippen LogP contribution in [0.3, 0.4) is 0 Å². The van der Waals surface area contributed by atoms with E-state index >= 15 is 0 Å². The third kappa shape index (κ3) is 7.96. The number of aliphatic hydroxyl groups is 1. The Morgan fingerprint density at radius 1 is 0.770 bits per heavy atom. The number of fused-ring (bicyclic) bond motifs is 4. The molecule has 16 nitrogen and oxygen atoms in total. The predicted octanol–water partition coefficient (Wildman–Crippen LogP) is 5.78. The van der Waals surface area contributed by atoms with Crippen molar-refractivity contribution in [2.75, 3.05) is 39.3 Å². The van der Waals surface area contributed by atoms with Crippen molar-refractivity contribution in [3.05, 3.63) is 125 Å². The first-order chi connectivity index (χ1) is 29.5. The fourth-order valence-corrected chi connectivity index (χ4v) is 7.92. The zero-order valence-electron chi connectivity index (χ0n) is 33.8. The number of hydrogen-bond acceptors (Lipinski definition) is 13. The maximum Gasteiger partial charge on any atom is 0.416 e. The Morgan fingerprint density at radius 3 is 2.07 bits per heavy atom. The number of aliphatic hydroxyl groups excluding tert-OH is 1. The Bertz CT molecular complexity index is 2490. The van der Waals surface area contributed by atoms with E-state index in [2.05, 4.69) is 23.1 Å². The largest absolute Gasteiger partial charge is 0.493 e. The standard InChI is InChI=1S/C45H43N5O11/c1-25-11-31-19-46-34-17-39(37(56-3)15-32(34)41(51)48(31)20-25)59-23-29-13-28(44(54)58-5)14-30(47-29)24-60-40-18-35-33(16-38(40)57-4)42(52)49-21-26(2)12-36(49)43(53)50(35)45(55)61-22-27-9-7-6-8-10-27/h6-10,13-19,31,36,43,53H,1-2,11-12,20-24H2,3-5H3/t31-,36-,43-/m0/s1. The number of aliphatic imine (C=N–C) groups is 1.